The average molecular weight is 390 g/mol. The van der Waals surface area contributed by atoms with Crippen molar-refractivity contribution in [2.24, 2.45) is 11.7 Å². The zero-order valence-electron chi connectivity index (χ0n) is 14.5. The summed E-state index contributed by atoms with van der Waals surface area (Å²) in [7, 11) is -3.57. The monoisotopic (exact) mass is 389 g/mol. The molecule has 1 unspecified atom stereocenters. The highest BCUT2D eigenvalue weighted by molar-refractivity contribution is 7.89. The van der Waals surface area contributed by atoms with Gasteiger partial charge in [-0.15, -0.1) is 12.4 Å². The number of hydrogen-bond acceptors (Lipinski definition) is 4. The highest BCUT2D eigenvalue weighted by atomic mass is 35.5. The van der Waals surface area contributed by atoms with Crippen LogP contribution in [0.15, 0.2) is 29.2 Å². The Bertz CT molecular complexity index is 663. The number of nitrogens with two attached hydrogens (primary N) is 1. The number of amides is 1. The minimum absolute atomic E-state index is 0. The summed E-state index contributed by atoms with van der Waals surface area (Å²) in [5.74, 6) is 0.163. The molecule has 1 fully saturated rings. The fourth-order valence-corrected chi connectivity index (χ4v) is 3.57. The van der Waals surface area contributed by atoms with Gasteiger partial charge in [0.1, 0.15) is 0 Å². The molecule has 1 aliphatic rings. The molecule has 0 aliphatic heterocycles. The molecule has 4 N–H and O–H groups in total. The summed E-state index contributed by atoms with van der Waals surface area (Å²) in [6, 6.07) is 6.03. The Kier molecular flexibility index (Phi) is 8.85. The van der Waals surface area contributed by atoms with Crippen LogP contribution in [0, 0.1) is 5.92 Å². The van der Waals surface area contributed by atoms with E-state index in [2.05, 4.69) is 17.0 Å². The predicted octanol–water partition coefficient (Wildman–Crippen LogP) is 2.04. The second kappa shape index (κ2) is 10.1. The van der Waals surface area contributed by atoms with E-state index in [9.17, 15) is 13.2 Å². The van der Waals surface area contributed by atoms with E-state index in [4.69, 9.17) is 5.73 Å². The fraction of sp³-hybridized carbons (Fsp3) is 0.588. The maximum atomic E-state index is 12.4. The number of unbranched alkanes of at least 4 members (excludes halogenated alkanes) is 1. The van der Waals surface area contributed by atoms with Crippen molar-refractivity contribution >= 4 is 28.3 Å². The van der Waals surface area contributed by atoms with Crippen LogP contribution >= 0.6 is 12.4 Å². The fourth-order valence-electron chi connectivity index (χ4n) is 2.41. The third-order valence-corrected chi connectivity index (χ3v) is 5.61. The first-order chi connectivity index (χ1) is 11.5. The second-order valence-electron chi connectivity index (χ2n) is 6.37. The molecule has 1 aliphatic carbocycles. The standard InChI is InChI=1S/C17H27N3O3S.ClH/c1-2-3-6-15(11-18)20-17(21)14-5-4-7-16(10-14)24(22,23)19-12-13-8-9-13;/h4-5,7,10,13,15,19H,2-3,6,8-9,11-12,18H2,1H3,(H,20,21);1H. The van der Waals surface area contributed by atoms with Gasteiger partial charge >= 0.3 is 0 Å². The van der Waals surface area contributed by atoms with E-state index in [1.807, 2.05) is 0 Å². The van der Waals surface area contributed by atoms with E-state index in [1.54, 1.807) is 12.1 Å². The van der Waals surface area contributed by atoms with E-state index in [0.717, 1.165) is 32.1 Å². The molecule has 0 bridgehead atoms. The zero-order valence-corrected chi connectivity index (χ0v) is 16.2. The van der Waals surface area contributed by atoms with E-state index in [1.165, 1.54) is 12.1 Å². The SMILES string of the molecule is CCCCC(CN)NC(=O)c1cccc(S(=O)(=O)NCC2CC2)c1.Cl. The van der Waals surface area contributed by atoms with Crippen molar-refractivity contribution in [3.8, 4) is 0 Å². The molecule has 1 aromatic rings. The Hall–Kier alpha value is -1.15. The van der Waals surface area contributed by atoms with Gasteiger partial charge in [0.2, 0.25) is 10.0 Å². The predicted molar refractivity (Wildman–Crippen MR) is 101 cm³/mol. The molecule has 1 saturated carbocycles. The highest BCUT2D eigenvalue weighted by Gasteiger charge is 2.24. The minimum atomic E-state index is -3.57. The maximum absolute atomic E-state index is 12.4. The number of hydrogen-bond donors (Lipinski definition) is 3. The van der Waals surface area contributed by atoms with Crippen LogP contribution in [0.5, 0.6) is 0 Å². The molecule has 142 valence electrons. The van der Waals surface area contributed by atoms with Crippen LogP contribution in [0.3, 0.4) is 0 Å². The number of nitrogens with one attached hydrogen (secondary N) is 2. The van der Waals surface area contributed by atoms with Crippen LogP contribution in [-0.4, -0.2) is 33.5 Å². The number of carbonyl (C=O) groups is 1. The van der Waals surface area contributed by atoms with Crippen molar-refractivity contribution in [1.82, 2.24) is 10.0 Å². The summed E-state index contributed by atoms with van der Waals surface area (Å²) in [6.07, 6.45) is 4.99. The number of halogens is 1. The molecule has 2 rings (SSSR count). The van der Waals surface area contributed by atoms with Crippen molar-refractivity contribution in [1.29, 1.82) is 0 Å². The van der Waals surface area contributed by atoms with Gasteiger partial charge in [0.05, 0.1) is 4.90 Å². The van der Waals surface area contributed by atoms with Gasteiger partial charge in [-0.3, -0.25) is 4.79 Å². The average Bonchev–Trinajstić information content (AvgIpc) is 3.41. The summed E-state index contributed by atoms with van der Waals surface area (Å²) in [5, 5.41) is 2.88. The molecule has 0 saturated heterocycles. The molecule has 0 aromatic heterocycles. The Morgan fingerprint density at radius 1 is 1.36 bits per heavy atom. The van der Waals surface area contributed by atoms with Gasteiger partial charge < -0.3 is 11.1 Å². The number of sulfonamides is 1. The van der Waals surface area contributed by atoms with Crippen LogP contribution in [0.25, 0.3) is 0 Å². The minimum Gasteiger partial charge on any atom is -0.348 e. The van der Waals surface area contributed by atoms with Gasteiger partial charge in [0.15, 0.2) is 0 Å². The van der Waals surface area contributed by atoms with Crippen LogP contribution < -0.4 is 15.8 Å². The summed E-state index contributed by atoms with van der Waals surface area (Å²) in [4.78, 5) is 12.5. The van der Waals surface area contributed by atoms with Crippen molar-refractivity contribution in [3.05, 3.63) is 29.8 Å². The summed E-state index contributed by atoms with van der Waals surface area (Å²) in [5.41, 5.74) is 6.02. The summed E-state index contributed by atoms with van der Waals surface area (Å²) in [6.45, 7) is 2.91. The van der Waals surface area contributed by atoms with Crippen LogP contribution in [0.1, 0.15) is 49.4 Å². The largest absolute Gasteiger partial charge is 0.348 e. The second-order valence-corrected chi connectivity index (χ2v) is 8.14. The van der Waals surface area contributed by atoms with Gasteiger partial charge in [-0.2, -0.15) is 0 Å². The van der Waals surface area contributed by atoms with E-state index < -0.39 is 10.0 Å². The zero-order chi connectivity index (χ0) is 17.6. The quantitative estimate of drug-likeness (QED) is 0.569. The molecule has 25 heavy (non-hydrogen) atoms. The van der Waals surface area contributed by atoms with Crippen molar-refractivity contribution < 1.29 is 13.2 Å². The molecule has 8 heteroatoms. The Labute approximate surface area is 156 Å². The van der Waals surface area contributed by atoms with E-state index in [0.29, 0.717) is 24.6 Å². The molecule has 1 atom stereocenters. The van der Waals surface area contributed by atoms with E-state index >= 15 is 0 Å². The number of benzene rings is 1. The van der Waals surface area contributed by atoms with Gasteiger partial charge in [0, 0.05) is 24.7 Å². The molecular formula is C17H28ClN3O3S. The highest BCUT2D eigenvalue weighted by Crippen LogP contribution is 2.28. The Morgan fingerprint density at radius 2 is 2.08 bits per heavy atom. The van der Waals surface area contributed by atoms with Gasteiger partial charge in [-0.25, -0.2) is 13.1 Å². The molecular weight excluding hydrogens is 362 g/mol. The lowest BCUT2D eigenvalue weighted by molar-refractivity contribution is 0.0935. The first-order valence-electron chi connectivity index (χ1n) is 8.57. The van der Waals surface area contributed by atoms with Crippen LogP contribution in [0.4, 0.5) is 0 Å². The van der Waals surface area contributed by atoms with Gasteiger partial charge in [0.25, 0.3) is 5.91 Å². The van der Waals surface area contributed by atoms with Crippen molar-refractivity contribution in [2.45, 2.75) is 50.0 Å². The maximum Gasteiger partial charge on any atom is 0.251 e. The number of rotatable bonds is 10. The molecule has 1 amide bonds. The lowest BCUT2D eigenvalue weighted by Crippen LogP contribution is -2.40. The van der Waals surface area contributed by atoms with Crippen LogP contribution in [0.2, 0.25) is 0 Å². The molecule has 6 nitrogen and oxygen atoms in total. The van der Waals surface area contributed by atoms with Gasteiger partial charge in [-0.1, -0.05) is 25.8 Å². The van der Waals surface area contributed by atoms with Gasteiger partial charge in [-0.05, 0) is 43.4 Å². The Morgan fingerprint density at radius 3 is 2.68 bits per heavy atom. The molecule has 1 aromatic carbocycles. The third-order valence-electron chi connectivity index (χ3n) is 4.19. The summed E-state index contributed by atoms with van der Waals surface area (Å²) < 4.78 is 27.2. The third kappa shape index (κ3) is 6.93. The first-order valence-corrected chi connectivity index (χ1v) is 10.0. The summed E-state index contributed by atoms with van der Waals surface area (Å²) >= 11 is 0. The molecule has 0 radical (unpaired) electrons. The van der Waals surface area contributed by atoms with Crippen molar-refractivity contribution in [3.63, 3.8) is 0 Å². The number of carbonyl (C=O) groups excluding carboxylic acids is 1. The normalized spacial score (nSPS) is 15.3. The molecule has 0 heterocycles. The lowest BCUT2D eigenvalue weighted by atomic mass is 10.1. The van der Waals surface area contributed by atoms with Crippen molar-refractivity contribution in [2.75, 3.05) is 13.1 Å². The Balaban J connectivity index is 0.00000312. The molecule has 0 spiro atoms. The lowest BCUT2D eigenvalue weighted by Gasteiger charge is -2.16. The smallest absolute Gasteiger partial charge is 0.251 e. The van der Waals surface area contributed by atoms with Crippen LogP contribution in [-0.2, 0) is 10.0 Å². The first kappa shape index (κ1) is 21.9. The topological polar surface area (TPSA) is 101 Å². The van der Waals surface area contributed by atoms with E-state index in [-0.39, 0.29) is 29.3 Å².